The molecule has 0 aromatic carbocycles. The Hall–Kier alpha value is -1.34. The summed E-state index contributed by atoms with van der Waals surface area (Å²) in [5.74, 6) is 0.346. The van der Waals surface area contributed by atoms with E-state index >= 15 is 0 Å². The van der Waals surface area contributed by atoms with Crippen molar-refractivity contribution in [3.8, 4) is 6.07 Å². The van der Waals surface area contributed by atoms with Gasteiger partial charge in [-0.2, -0.15) is 5.26 Å². The predicted molar refractivity (Wildman–Crippen MR) is 48.4 cm³/mol. The summed E-state index contributed by atoms with van der Waals surface area (Å²) >= 11 is 5.77. The minimum Gasteiger partial charge on any atom is -0.366 e. The van der Waals surface area contributed by atoms with Gasteiger partial charge in [0.2, 0.25) is 0 Å². The number of pyridine rings is 1. The topological polar surface area (TPSA) is 48.7 Å². The normalized spacial score (nSPS) is 9.31. The molecule has 1 rings (SSSR count). The van der Waals surface area contributed by atoms with Crippen molar-refractivity contribution < 1.29 is 4.39 Å². The van der Waals surface area contributed by atoms with Gasteiger partial charge in [-0.1, -0.05) is 11.6 Å². The molecule has 5 heteroatoms. The molecule has 0 amide bonds. The molecule has 1 heterocycles. The van der Waals surface area contributed by atoms with Gasteiger partial charge in [-0.25, -0.2) is 9.37 Å². The van der Waals surface area contributed by atoms with Crippen LogP contribution in [0.5, 0.6) is 0 Å². The zero-order valence-corrected chi connectivity index (χ0v) is 7.48. The molecular weight excluding hydrogens is 193 g/mol. The lowest BCUT2D eigenvalue weighted by molar-refractivity contribution is 0.512. The Bertz CT molecular complexity index is 335. The summed E-state index contributed by atoms with van der Waals surface area (Å²) in [6.07, 6.45) is 1.45. The van der Waals surface area contributed by atoms with Gasteiger partial charge in [0.25, 0.3) is 0 Å². The molecular formula is C8H7ClFN3. The standard InChI is InChI=1S/C8H7ClFN3/c9-7-6(5-11)1-3-12-8(7)13-4-2-10/h1,3H,2,4H2,(H,12,13). The van der Waals surface area contributed by atoms with Gasteiger partial charge < -0.3 is 5.32 Å². The molecule has 13 heavy (non-hydrogen) atoms. The zero-order valence-electron chi connectivity index (χ0n) is 6.72. The van der Waals surface area contributed by atoms with E-state index < -0.39 is 6.67 Å². The fraction of sp³-hybridized carbons (Fsp3) is 0.250. The van der Waals surface area contributed by atoms with Crippen LogP contribution in [-0.2, 0) is 0 Å². The highest BCUT2D eigenvalue weighted by Crippen LogP contribution is 2.22. The number of nitrogens with one attached hydrogen (secondary N) is 1. The summed E-state index contributed by atoms with van der Waals surface area (Å²) in [4.78, 5) is 3.86. The van der Waals surface area contributed by atoms with Crippen LogP contribution in [0.25, 0.3) is 0 Å². The molecule has 1 N–H and O–H groups in total. The molecule has 0 atom stereocenters. The summed E-state index contributed by atoms with van der Waals surface area (Å²) < 4.78 is 11.8. The first kappa shape index (κ1) is 9.75. The Morgan fingerprint density at radius 3 is 3.08 bits per heavy atom. The third-order valence-electron chi connectivity index (χ3n) is 1.40. The highest BCUT2D eigenvalue weighted by atomic mass is 35.5. The molecule has 0 unspecified atom stereocenters. The van der Waals surface area contributed by atoms with Gasteiger partial charge in [0.15, 0.2) is 0 Å². The third kappa shape index (κ3) is 2.30. The van der Waals surface area contributed by atoms with Crippen LogP contribution in [0, 0.1) is 11.3 Å². The van der Waals surface area contributed by atoms with Crippen LogP contribution in [-0.4, -0.2) is 18.2 Å². The van der Waals surface area contributed by atoms with E-state index in [0.29, 0.717) is 11.4 Å². The highest BCUT2D eigenvalue weighted by Gasteiger charge is 2.05. The highest BCUT2D eigenvalue weighted by molar-refractivity contribution is 6.34. The number of anilines is 1. The maximum Gasteiger partial charge on any atom is 0.146 e. The Morgan fingerprint density at radius 1 is 1.69 bits per heavy atom. The first-order valence-corrected chi connectivity index (χ1v) is 4.02. The van der Waals surface area contributed by atoms with Crippen molar-refractivity contribution in [1.29, 1.82) is 5.26 Å². The van der Waals surface area contributed by atoms with E-state index in [-0.39, 0.29) is 11.6 Å². The monoisotopic (exact) mass is 199 g/mol. The second kappa shape index (κ2) is 4.63. The number of nitriles is 1. The van der Waals surface area contributed by atoms with Gasteiger partial charge in [0.05, 0.1) is 5.56 Å². The van der Waals surface area contributed by atoms with Crippen molar-refractivity contribution in [1.82, 2.24) is 4.98 Å². The number of alkyl halides is 1. The van der Waals surface area contributed by atoms with Crippen molar-refractivity contribution in [2.45, 2.75) is 0 Å². The van der Waals surface area contributed by atoms with E-state index in [1.54, 1.807) is 0 Å². The molecule has 0 aliphatic heterocycles. The molecule has 0 aliphatic carbocycles. The molecule has 0 spiro atoms. The molecule has 0 radical (unpaired) electrons. The lowest BCUT2D eigenvalue weighted by Gasteiger charge is -2.04. The van der Waals surface area contributed by atoms with E-state index in [4.69, 9.17) is 16.9 Å². The summed E-state index contributed by atoms with van der Waals surface area (Å²) in [6.45, 7) is -0.365. The van der Waals surface area contributed by atoms with E-state index in [0.717, 1.165) is 0 Å². The van der Waals surface area contributed by atoms with E-state index in [2.05, 4.69) is 10.3 Å². The summed E-state index contributed by atoms with van der Waals surface area (Å²) in [5, 5.41) is 11.5. The predicted octanol–water partition coefficient (Wildman–Crippen LogP) is 1.99. The molecule has 1 aromatic rings. The maximum atomic E-state index is 11.8. The Labute approximate surface area is 80.2 Å². The molecule has 0 saturated heterocycles. The van der Waals surface area contributed by atoms with Crippen molar-refractivity contribution in [3.05, 3.63) is 22.8 Å². The molecule has 68 valence electrons. The lowest BCUT2D eigenvalue weighted by atomic mass is 10.3. The van der Waals surface area contributed by atoms with Crippen LogP contribution in [0.15, 0.2) is 12.3 Å². The Morgan fingerprint density at radius 2 is 2.46 bits per heavy atom. The summed E-state index contributed by atoms with van der Waals surface area (Å²) in [7, 11) is 0. The molecule has 3 nitrogen and oxygen atoms in total. The number of hydrogen-bond donors (Lipinski definition) is 1. The molecule has 0 saturated carbocycles. The molecule has 0 aliphatic rings. The summed E-state index contributed by atoms with van der Waals surface area (Å²) in [5.41, 5.74) is 0.332. The average Bonchev–Trinajstić information content (AvgIpc) is 2.16. The molecule has 0 bridgehead atoms. The quantitative estimate of drug-likeness (QED) is 0.810. The lowest BCUT2D eigenvalue weighted by Crippen LogP contribution is -2.05. The fourth-order valence-electron chi connectivity index (χ4n) is 0.819. The number of hydrogen-bond acceptors (Lipinski definition) is 3. The molecule has 0 fully saturated rings. The van der Waals surface area contributed by atoms with Crippen molar-refractivity contribution in [2.75, 3.05) is 18.5 Å². The first-order chi connectivity index (χ1) is 6.29. The van der Waals surface area contributed by atoms with Crippen LogP contribution < -0.4 is 5.32 Å². The zero-order chi connectivity index (χ0) is 9.68. The number of nitrogens with zero attached hydrogens (tertiary/aromatic N) is 2. The van der Waals surface area contributed by atoms with Gasteiger partial charge in [0.1, 0.15) is 23.6 Å². The van der Waals surface area contributed by atoms with E-state index in [1.807, 2.05) is 6.07 Å². The second-order valence-corrected chi connectivity index (χ2v) is 2.63. The second-order valence-electron chi connectivity index (χ2n) is 2.25. The summed E-state index contributed by atoms with van der Waals surface area (Å²) in [6, 6.07) is 3.41. The fourth-order valence-corrected chi connectivity index (χ4v) is 1.04. The molecule has 1 aromatic heterocycles. The number of halogens is 2. The largest absolute Gasteiger partial charge is 0.366 e. The maximum absolute atomic E-state index is 11.8. The van der Waals surface area contributed by atoms with Gasteiger partial charge >= 0.3 is 0 Å². The first-order valence-electron chi connectivity index (χ1n) is 3.64. The smallest absolute Gasteiger partial charge is 0.146 e. The minimum atomic E-state index is -0.505. The Balaban J connectivity index is 2.90. The van der Waals surface area contributed by atoms with Gasteiger partial charge in [-0.05, 0) is 6.07 Å². The van der Waals surface area contributed by atoms with E-state index in [9.17, 15) is 4.39 Å². The van der Waals surface area contributed by atoms with Gasteiger partial charge in [0, 0.05) is 12.7 Å². The van der Waals surface area contributed by atoms with Crippen LogP contribution in [0.2, 0.25) is 5.02 Å². The van der Waals surface area contributed by atoms with Crippen LogP contribution in [0.3, 0.4) is 0 Å². The van der Waals surface area contributed by atoms with Gasteiger partial charge in [-0.15, -0.1) is 0 Å². The van der Waals surface area contributed by atoms with Crippen molar-refractivity contribution >= 4 is 17.4 Å². The van der Waals surface area contributed by atoms with Crippen molar-refractivity contribution in [3.63, 3.8) is 0 Å². The SMILES string of the molecule is N#Cc1ccnc(NCCF)c1Cl. The third-order valence-corrected chi connectivity index (χ3v) is 1.78. The Kier molecular flexibility index (Phi) is 3.47. The van der Waals surface area contributed by atoms with Crippen LogP contribution in [0.4, 0.5) is 10.2 Å². The number of rotatable bonds is 3. The van der Waals surface area contributed by atoms with Gasteiger partial charge in [-0.3, -0.25) is 0 Å². The van der Waals surface area contributed by atoms with Crippen LogP contribution >= 0.6 is 11.6 Å². The minimum absolute atomic E-state index is 0.140. The van der Waals surface area contributed by atoms with Crippen LogP contribution in [0.1, 0.15) is 5.56 Å². The number of aromatic nitrogens is 1. The van der Waals surface area contributed by atoms with Crippen molar-refractivity contribution in [2.24, 2.45) is 0 Å². The average molecular weight is 200 g/mol. The van der Waals surface area contributed by atoms with E-state index in [1.165, 1.54) is 12.3 Å².